The van der Waals surface area contributed by atoms with Crippen molar-refractivity contribution >= 4 is 60.8 Å². The SMILES string of the molecule is Cc1cc(C(C)(C)C)cc(C)c1CSc1nc2ccc(NC(=O)c3ccc(Br)cc3)cc2s1. The Bertz CT molecular complexity index is 1300. The molecule has 3 aromatic carbocycles. The fraction of sp³-hybridized carbons (Fsp3) is 0.259. The van der Waals surface area contributed by atoms with E-state index in [-0.39, 0.29) is 11.3 Å². The van der Waals surface area contributed by atoms with Gasteiger partial charge in [0.2, 0.25) is 0 Å². The van der Waals surface area contributed by atoms with Gasteiger partial charge >= 0.3 is 0 Å². The average Bonchev–Trinajstić information content (AvgIpc) is 3.15. The fourth-order valence-electron chi connectivity index (χ4n) is 3.64. The molecule has 1 heterocycles. The summed E-state index contributed by atoms with van der Waals surface area (Å²) >= 11 is 6.84. The number of thioether (sulfide) groups is 1. The van der Waals surface area contributed by atoms with Crippen LogP contribution in [-0.2, 0) is 11.2 Å². The molecule has 0 atom stereocenters. The molecule has 0 fully saturated rings. The summed E-state index contributed by atoms with van der Waals surface area (Å²) in [4.78, 5) is 17.3. The van der Waals surface area contributed by atoms with Crippen LogP contribution in [0.3, 0.4) is 0 Å². The lowest BCUT2D eigenvalue weighted by molar-refractivity contribution is 0.102. The van der Waals surface area contributed by atoms with E-state index >= 15 is 0 Å². The van der Waals surface area contributed by atoms with Gasteiger partial charge in [0.1, 0.15) is 0 Å². The Morgan fingerprint density at radius 1 is 1.03 bits per heavy atom. The minimum Gasteiger partial charge on any atom is -0.322 e. The van der Waals surface area contributed by atoms with Gasteiger partial charge in [0.15, 0.2) is 4.34 Å². The standard InChI is InChI=1S/C27H27BrN2OS2/c1-16-12-19(27(3,4)5)13-17(2)22(16)15-32-26-30-23-11-10-21(14-24(23)33-26)29-25(31)18-6-8-20(28)9-7-18/h6-14H,15H2,1-5H3,(H,29,31). The molecule has 0 aliphatic carbocycles. The third-order valence-corrected chi connectivity index (χ3v) is 8.35. The molecule has 33 heavy (non-hydrogen) atoms. The van der Waals surface area contributed by atoms with E-state index in [4.69, 9.17) is 4.98 Å². The van der Waals surface area contributed by atoms with Crippen molar-refractivity contribution in [2.75, 3.05) is 5.32 Å². The molecule has 0 unspecified atom stereocenters. The van der Waals surface area contributed by atoms with Crippen LogP contribution >= 0.6 is 39.0 Å². The molecule has 1 amide bonds. The molecule has 6 heteroatoms. The summed E-state index contributed by atoms with van der Waals surface area (Å²) in [7, 11) is 0. The Morgan fingerprint density at radius 2 is 1.70 bits per heavy atom. The van der Waals surface area contributed by atoms with Gasteiger partial charge in [0.05, 0.1) is 10.2 Å². The normalized spacial score (nSPS) is 11.7. The highest BCUT2D eigenvalue weighted by molar-refractivity contribution is 9.10. The van der Waals surface area contributed by atoms with Gasteiger partial charge in [0.25, 0.3) is 5.91 Å². The molecule has 0 bridgehead atoms. The molecule has 0 spiro atoms. The zero-order valence-electron chi connectivity index (χ0n) is 19.5. The van der Waals surface area contributed by atoms with E-state index in [2.05, 4.69) is 68.0 Å². The van der Waals surface area contributed by atoms with Gasteiger partial charge in [-0.15, -0.1) is 11.3 Å². The van der Waals surface area contributed by atoms with E-state index in [9.17, 15) is 4.79 Å². The quantitative estimate of drug-likeness (QED) is 0.259. The van der Waals surface area contributed by atoms with E-state index in [1.807, 2.05) is 30.3 Å². The number of rotatable bonds is 5. The monoisotopic (exact) mass is 538 g/mol. The van der Waals surface area contributed by atoms with E-state index in [1.165, 1.54) is 22.3 Å². The molecule has 0 radical (unpaired) electrons. The largest absolute Gasteiger partial charge is 0.322 e. The molecular formula is C27H27BrN2OS2. The van der Waals surface area contributed by atoms with Crippen molar-refractivity contribution < 1.29 is 4.79 Å². The molecule has 0 saturated heterocycles. The second-order valence-electron chi connectivity index (χ2n) is 9.25. The highest BCUT2D eigenvalue weighted by atomic mass is 79.9. The van der Waals surface area contributed by atoms with Crippen molar-refractivity contribution in [1.29, 1.82) is 0 Å². The zero-order valence-corrected chi connectivity index (χ0v) is 22.7. The predicted octanol–water partition coefficient (Wildman–Crippen LogP) is 8.52. The molecule has 0 aliphatic heterocycles. The minimum absolute atomic E-state index is 0.120. The molecular weight excluding hydrogens is 512 g/mol. The number of carbonyl (C=O) groups is 1. The first-order chi connectivity index (χ1) is 15.6. The number of anilines is 1. The number of carbonyl (C=O) groups excluding carboxylic acids is 1. The highest BCUT2D eigenvalue weighted by Crippen LogP contribution is 2.35. The molecule has 1 aromatic heterocycles. The lowest BCUT2D eigenvalue weighted by atomic mass is 9.84. The van der Waals surface area contributed by atoms with Crippen LogP contribution in [0.1, 0.15) is 53.4 Å². The number of hydrogen-bond donors (Lipinski definition) is 1. The molecule has 0 saturated carbocycles. The molecule has 170 valence electrons. The molecule has 0 aliphatic rings. The van der Waals surface area contributed by atoms with Gasteiger partial charge in [-0.3, -0.25) is 4.79 Å². The number of fused-ring (bicyclic) bond motifs is 1. The number of thiazole rings is 1. The summed E-state index contributed by atoms with van der Waals surface area (Å²) < 4.78 is 3.06. The summed E-state index contributed by atoms with van der Waals surface area (Å²) in [5.74, 6) is 0.778. The lowest BCUT2D eigenvalue weighted by Crippen LogP contribution is -2.12. The molecule has 4 aromatic rings. The topological polar surface area (TPSA) is 42.0 Å². The predicted molar refractivity (Wildman–Crippen MR) is 146 cm³/mol. The van der Waals surface area contributed by atoms with Crippen molar-refractivity contribution in [1.82, 2.24) is 4.98 Å². The number of amides is 1. The van der Waals surface area contributed by atoms with Crippen LogP contribution in [0, 0.1) is 13.8 Å². The maximum absolute atomic E-state index is 12.5. The number of hydrogen-bond acceptors (Lipinski definition) is 4. The smallest absolute Gasteiger partial charge is 0.255 e. The Labute approximate surface area is 212 Å². The van der Waals surface area contributed by atoms with Gasteiger partial charge in [-0.1, -0.05) is 60.6 Å². The summed E-state index contributed by atoms with van der Waals surface area (Å²) in [5, 5.41) is 2.99. The van der Waals surface area contributed by atoms with Crippen LogP contribution < -0.4 is 5.32 Å². The maximum atomic E-state index is 12.5. The Balaban J connectivity index is 1.48. The first-order valence-electron chi connectivity index (χ1n) is 10.8. The van der Waals surface area contributed by atoms with Crippen molar-refractivity contribution in [2.45, 2.75) is 50.1 Å². The van der Waals surface area contributed by atoms with Crippen LogP contribution in [0.15, 0.2) is 63.4 Å². The summed E-state index contributed by atoms with van der Waals surface area (Å²) in [6, 6.07) is 17.9. The Hall–Kier alpha value is -2.15. The number of benzene rings is 3. The molecule has 3 nitrogen and oxygen atoms in total. The van der Waals surface area contributed by atoms with E-state index in [0.717, 1.165) is 30.5 Å². The summed E-state index contributed by atoms with van der Waals surface area (Å²) in [6.45, 7) is 11.2. The van der Waals surface area contributed by atoms with Crippen molar-refractivity contribution in [3.05, 3.63) is 86.9 Å². The van der Waals surface area contributed by atoms with Crippen LogP contribution in [0.2, 0.25) is 0 Å². The maximum Gasteiger partial charge on any atom is 0.255 e. The summed E-state index contributed by atoms with van der Waals surface area (Å²) in [6.07, 6.45) is 0. The second-order valence-corrected chi connectivity index (χ2v) is 12.4. The van der Waals surface area contributed by atoms with Crippen LogP contribution in [-0.4, -0.2) is 10.9 Å². The van der Waals surface area contributed by atoms with Crippen LogP contribution in [0.25, 0.3) is 10.2 Å². The van der Waals surface area contributed by atoms with E-state index in [1.54, 1.807) is 35.2 Å². The summed E-state index contributed by atoms with van der Waals surface area (Å²) in [5.41, 5.74) is 7.96. The molecule has 4 rings (SSSR count). The molecule has 1 N–H and O–H groups in total. The number of aryl methyl sites for hydroxylation is 2. The van der Waals surface area contributed by atoms with Gasteiger partial charge in [-0.25, -0.2) is 4.98 Å². The van der Waals surface area contributed by atoms with Gasteiger partial charge in [-0.2, -0.15) is 0 Å². The van der Waals surface area contributed by atoms with Crippen molar-refractivity contribution in [2.24, 2.45) is 0 Å². The van der Waals surface area contributed by atoms with E-state index < -0.39 is 0 Å². The van der Waals surface area contributed by atoms with E-state index in [0.29, 0.717) is 5.56 Å². The lowest BCUT2D eigenvalue weighted by Gasteiger charge is -2.22. The van der Waals surface area contributed by atoms with Gasteiger partial charge in [0, 0.05) is 21.5 Å². The fourth-order valence-corrected chi connectivity index (χ4v) is 6.20. The number of nitrogens with one attached hydrogen (secondary N) is 1. The number of halogens is 1. The van der Waals surface area contributed by atoms with Crippen LogP contribution in [0.4, 0.5) is 5.69 Å². The number of nitrogens with zero attached hydrogens (tertiary/aromatic N) is 1. The second kappa shape index (κ2) is 9.61. The van der Waals surface area contributed by atoms with Crippen molar-refractivity contribution in [3.63, 3.8) is 0 Å². The third kappa shape index (κ3) is 5.68. The van der Waals surface area contributed by atoms with Crippen LogP contribution in [0.5, 0.6) is 0 Å². The van der Waals surface area contributed by atoms with Gasteiger partial charge in [-0.05, 0) is 84.0 Å². The first kappa shape index (κ1) is 24.0. The Morgan fingerprint density at radius 3 is 2.33 bits per heavy atom. The minimum atomic E-state index is -0.120. The Kier molecular flexibility index (Phi) is 6.99. The zero-order chi connectivity index (χ0) is 23.8. The van der Waals surface area contributed by atoms with Gasteiger partial charge < -0.3 is 5.32 Å². The first-order valence-corrected chi connectivity index (χ1v) is 13.4. The highest BCUT2D eigenvalue weighted by Gasteiger charge is 2.17. The van der Waals surface area contributed by atoms with Crippen molar-refractivity contribution in [3.8, 4) is 0 Å². The number of aromatic nitrogens is 1. The third-order valence-electron chi connectivity index (χ3n) is 5.64. The average molecular weight is 540 g/mol.